The molecule has 1 unspecified atom stereocenters. The van der Waals surface area contributed by atoms with E-state index in [0.717, 1.165) is 17.9 Å². The molecule has 1 heteroatoms. The van der Waals surface area contributed by atoms with Crippen LogP contribution in [0.25, 0.3) is 6.08 Å². The van der Waals surface area contributed by atoms with E-state index >= 15 is 0 Å². The second-order valence-corrected chi connectivity index (χ2v) is 6.55. The Morgan fingerprint density at radius 3 is 2.81 bits per heavy atom. The molecule has 0 aliphatic heterocycles. The van der Waals surface area contributed by atoms with Gasteiger partial charge in [0.15, 0.2) is 5.78 Å². The number of carbonyl (C=O) groups is 1. The highest BCUT2D eigenvalue weighted by Gasteiger charge is 2.21. The van der Waals surface area contributed by atoms with Crippen LogP contribution in [-0.2, 0) is 6.42 Å². The van der Waals surface area contributed by atoms with Crippen molar-refractivity contribution in [1.82, 2.24) is 0 Å². The number of hydrogen-bond acceptors (Lipinski definition) is 1. The van der Waals surface area contributed by atoms with Crippen molar-refractivity contribution in [3.8, 4) is 0 Å². The highest BCUT2D eigenvalue weighted by molar-refractivity contribution is 6.04. The fourth-order valence-electron chi connectivity index (χ4n) is 3.82. The van der Waals surface area contributed by atoms with Crippen LogP contribution in [0, 0.1) is 11.8 Å². The normalized spacial score (nSPS) is 21.8. The van der Waals surface area contributed by atoms with Crippen molar-refractivity contribution in [2.45, 2.75) is 44.9 Å². The first-order valence-electron chi connectivity index (χ1n) is 8.24. The zero-order chi connectivity index (χ0) is 14.7. The van der Waals surface area contributed by atoms with Crippen molar-refractivity contribution >= 4 is 11.9 Å². The monoisotopic (exact) mass is 280 g/mol. The van der Waals surface area contributed by atoms with E-state index in [9.17, 15) is 4.79 Å². The Bertz CT molecular complexity index is 561. The Morgan fingerprint density at radius 1 is 1.24 bits per heavy atom. The predicted octanol–water partition coefficient (Wildman–Crippen LogP) is 5.21. The van der Waals surface area contributed by atoms with E-state index in [0.29, 0.717) is 5.92 Å². The minimum Gasteiger partial charge on any atom is -0.289 e. The zero-order valence-corrected chi connectivity index (χ0v) is 12.7. The first-order chi connectivity index (χ1) is 10.3. The Morgan fingerprint density at radius 2 is 2.05 bits per heavy atom. The van der Waals surface area contributed by atoms with Crippen LogP contribution in [0.4, 0.5) is 0 Å². The van der Waals surface area contributed by atoms with Crippen LogP contribution < -0.4 is 0 Å². The lowest BCUT2D eigenvalue weighted by atomic mass is 9.78. The molecule has 3 rings (SSSR count). The van der Waals surface area contributed by atoms with Crippen LogP contribution in [0.2, 0.25) is 0 Å². The second-order valence-electron chi connectivity index (χ2n) is 6.55. The maximum Gasteiger partial charge on any atom is 0.185 e. The van der Waals surface area contributed by atoms with Crippen LogP contribution in [0.5, 0.6) is 0 Å². The van der Waals surface area contributed by atoms with Gasteiger partial charge in [-0.2, -0.15) is 0 Å². The van der Waals surface area contributed by atoms with Crippen LogP contribution in [0.15, 0.2) is 36.9 Å². The lowest BCUT2D eigenvalue weighted by Crippen LogP contribution is -2.15. The Labute approximate surface area is 127 Å². The summed E-state index contributed by atoms with van der Waals surface area (Å²) in [5, 5.41) is 0. The molecule has 2 aliphatic carbocycles. The molecule has 0 amide bonds. The molecule has 110 valence electrons. The van der Waals surface area contributed by atoms with Gasteiger partial charge in [-0.3, -0.25) is 4.79 Å². The average Bonchev–Trinajstić information content (AvgIpc) is 2.54. The molecule has 1 nitrogen and oxygen atoms in total. The molecule has 0 bridgehead atoms. The summed E-state index contributed by atoms with van der Waals surface area (Å²) in [7, 11) is 0. The van der Waals surface area contributed by atoms with Gasteiger partial charge in [-0.15, -0.1) is 0 Å². The third-order valence-electron chi connectivity index (χ3n) is 5.00. The smallest absolute Gasteiger partial charge is 0.185 e. The fourth-order valence-corrected chi connectivity index (χ4v) is 3.82. The molecule has 1 aromatic rings. The molecule has 21 heavy (non-hydrogen) atoms. The van der Waals surface area contributed by atoms with Crippen molar-refractivity contribution < 1.29 is 4.79 Å². The summed E-state index contributed by atoms with van der Waals surface area (Å²) in [6.07, 6.45) is 15.5. The minimum absolute atomic E-state index is 0.0242. The molecule has 0 heterocycles. The van der Waals surface area contributed by atoms with Crippen LogP contribution in [0.3, 0.4) is 0 Å². The van der Waals surface area contributed by atoms with Crippen molar-refractivity contribution in [1.29, 1.82) is 0 Å². The average molecular weight is 280 g/mol. The van der Waals surface area contributed by atoms with E-state index in [-0.39, 0.29) is 5.78 Å². The summed E-state index contributed by atoms with van der Waals surface area (Å²) in [6, 6.07) is 6.05. The Balaban J connectivity index is 1.71. The lowest BCUT2D eigenvalue weighted by Gasteiger charge is -2.27. The summed E-state index contributed by atoms with van der Waals surface area (Å²) < 4.78 is 0. The van der Waals surface area contributed by atoms with Gasteiger partial charge in [-0.1, -0.05) is 63.0 Å². The summed E-state index contributed by atoms with van der Waals surface area (Å²) in [5.74, 6) is 1.58. The van der Waals surface area contributed by atoms with E-state index in [1.54, 1.807) is 0 Å². The molecule has 0 radical (unpaired) electrons. The van der Waals surface area contributed by atoms with E-state index in [4.69, 9.17) is 0 Å². The summed E-state index contributed by atoms with van der Waals surface area (Å²) in [5.41, 5.74) is 3.37. The predicted molar refractivity (Wildman–Crippen MR) is 88.4 cm³/mol. The number of rotatable bonds is 4. The molecule has 0 saturated heterocycles. The van der Waals surface area contributed by atoms with Crippen LogP contribution in [0.1, 0.15) is 60.0 Å². The third-order valence-corrected chi connectivity index (χ3v) is 5.00. The van der Waals surface area contributed by atoms with Crippen molar-refractivity contribution in [2.24, 2.45) is 11.8 Å². The summed E-state index contributed by atoms with van der Waals surface area (Å²) in [4.78, 5) is 11.8. The highest BCUT2D eigenvalue weighted by Crippen LogP contribution is 2.33. The van der Waals surface area contributed by atoms with Crippen molar-refractivity contribution in [2.75, 3.05) is 0 Å². The fraction of sp³-hybridized carbons (Fsp3) is 0.450. The maximum absolute atomic E-state index is 11.8. The molecule has 0 spiro atoms. The largest absolute Gasteiger partial charge is 0.289 e. The molecule has 1 saturated carbocycles. The van der Waals surface area contributed by atoms with Gasteiger partial charge in [-0.05, 0) is 47.9 Å². The first kappa shape index (κ1) is 14.3. The van der Waals surface area contributed by atoms with Crippen LogP contribution in [-0.4, -0.2) is 5.78 Å². The van der Waals surface area contributed by atoms with E-state index in [1.807, 2.05) is 6.07 Å². The summed E-state index contributed by atoms with van der Waals surface area (Å²) in [6.45, 7) is 3.58. The Hall–Kier alpha value is -1.63. The second kappa shape index (κ2) is 6.43. The molecule has 1 atom stereocenters. The van der Waals surface area contributed by atoms with Gasteiger partial charge in [0, 0.05) is 5.56 Å². The van der Waals surface area contributed by atoms with Gasteiger partial charge in [0.1, 0.15) is 0 Å². The Kier molecular flexibility index (Phi) is 4.38. The number of carbonyl (C=O) groups excluding carboxylic acids is 1. The van der Waals surface area contributed by atoms with Crippen molar-refractivity contribution in [3.05, 3.63) is 53.6 Å². The van der Waals surface area contributed by atoms with Gasteiger partial charge >= 0.3 is 0 Å². The summed E-state index contributed by atoms with van der Waals surface area (Å²) >= 11 is 0. The van der Waals surface area contributed by atoms with Gasteiger partial charge < -0.3 is 0 Å². The topological polar surface area (TPSA) is 17.1 Å². The lowest BCUT2D eigenvalue weighted by molar-refractivity contribution is 0.104. The molecular formula is C20H24O. The molecule has 0 N–H and O–H groups in total. The van der Waals surface area contributed by atoms with E-state index in [2.05, 4.69) is 30.9 Å². The maximum atomic E-state index is 11.8. The molecule has 1 aromatic carbocycles. The first-order valence-corrected chi connectivity index (χ1v) is 8.24. The zero-order valence-electron chi connectivity index (χ0n) is 12.7. The SMILES string of the molecule is C=CC(=O)c1ccc2c(c1)CC(CC1CCCCC1)C=C2. The molecule has 1 fully saturated rings. The quantitative estimate of drug-likeness (QED) is 0.546. The number of fused-ring (bicyclic) bond motifs is 1. The minimum atomic E-state index is 0.0242. The highest BCUT2D eigenvalue weighted by atomic mass is 16.1. The molecule has 2 aliphatic rings. The van der Waals surface area contributed by atoms with Gasteiger partial charge in [0.25, 0.3) is 0 Å². The number of allylic oxidation sites excluding steroid dienone is 2. The molecular weight excluding hydrogens is 256 g/mol. The van der Waals surface area contributed by atoms with E-state index in [1.165, 1.54) is 55.7 Å². The number of benzene rings is 1. The number of hydrogen-bond donors (Lipinski definition) is 0. The molecule has 0 aromatic heterocycles. The van der Waals surface area contributed by atoms with Gasteiger partial charge in [-0.25, -0.2) is 0 Å². The van der Waals surface area contributed by atoms with E-state index < -0.39 is 0 Å². The van der Waals surface area contributed by atoms with Crippen LogP contribution >= 0.6 is 0 Å². The standard InChI is InChI=1S/C20H24O/c1-2-20(21)18-11-10-17-9-8-16(13-19(17)14-18)12-15-6-4-3-5-7-15/h2,8-11,14-16H,1,3-7,12-13H2. The number of ketones is 1. The van der Waals surface area contributed by atoms with Crippen molar-refractivity contribution in [3.63, 3.8) is 0 Å². The van der Waals surface area contributed by atoms with Gasteiger partial charge in [0.2, 0.25) is 0 Å². The third kappa shape index (κ3) is 3.34. The van der Waals surface area contributed by atoms with Gasteiger partial charge in [0.05, 0.1) is 0 Å².